The van der Waals surface area contributed by atoms with E-state index in [1.165, 1.54) is 18.4 Å². The summed E-state index contributed by atoms with van der Waals surface area (Å²) in [5.41, 5.74) is 2.13. The van der Waals surface area contributed by atoms with E-state index in [0.29, 0.717) is 36.2 Å². The summed E-state index contributed by atoms with van der Waals surface area (Å²) < 4.78 is 5.37. The van der Waals surface area contributed by atoms with E-state index in [2.05, 4.69) is 45.1 Å². The maximum Gasteiger partial charge on any atom is 0.273 e. The Morgan fingerprint density at radius 3 is 2.43 bits per heavy atom. The molecule has 1 heterocycles. The number of rotatable bonds is 8. The number of carbonyl (C=O) groups is 2. The summed E-state index contributed by atoms with van der Waals surface area (Å²) in [5, 5.41) is 6.78. The Hall–Kier alpha value is -2.63. The largest absolute Gasteiger partial charge is 0.359 e. The molecule has 0 saturated heterocycles. The molecule has 1 fully saturated rings. The lowest BCUT2D eigenvalue weighted by Crippen LogP contribution is -2.33. The highest BCUT2D eigenvalue weighted by Crippen LogP contribution is 2.27. The molecule has 3 rings (SSSR count). The van der Waals surface area contributed by atoms with Crippen molar-refractivity contribution < 1.29 is 14.1 Å². The summed E-state index contributed by atoms with van der Waals surface area (Å²) >= 11 is 0. The maximum absolute atomic E-state index is 13.2. The van der Waals surface area contributed by atoms with Crippen LogP contribution in [-0.4, -0.2) is 35.0 Å². The molecular weight excluding hydrogens is 378 g/mol. The number of amides is 2. The molecule has 0 radical (unpaired) electrons. The summed E-state index contributed by atoms with van der Waals surface area (Å²) in [7, 11) is 0. The van der Waals surface area contributed by atoms with Crippen LogP contribution in [0.2, 0.25) is 0 Å². The van der Waals surface area contributed by atoms with Crippen LogP contribution in [0.1, 0.15) is 79.6 Å². The second-order valence-electron chi connectivity index (χ2n) is 9.74. The Bertz CT molecular complexity index is 874. The average Bonchev–Trinajstić information content (AvgIpc) is 3.40. The van der Waals surface area contributed by atoms with E-state index in [0.717, 1.165) is 0 Å². The molecule has 162 valence electrons. The summed E-state index contributed by atoms with van der Waals surface area (Å²) in [6.45, 7) is 12.1. The van der Waals surface area contributed by atoms with Crippen molar-refractivity contribution in [1.29, 1.82) is 0 Å². The van der Waals surface area contributed by atoms with Gasteiger partial charge in [-0.1, -0.05) is 51.9 Å². The predicted octanol–water partition coefficient (Wildman–Crippen LogP) is 4.41. The molecule has 0 unspecified atom stereocenters. The molecule has 1 aromatic carbocycles. The number of benzene rings is 1. The Balaban J connectivity index is 1.69. The molecule has 1 aliphatic carbocycles. The minimum Gasteiger partial charge on any atom is -0.359 e. The van der Waals surface area contributed by atoms with E-state index in [1.807, 2.05) is 24.3 Å². The molecule has 0 bridgehead atoms. The zero-order valence-corrected chi connectivity index (χ0v) is 18.7. The van der Waals surface area contributed by atoms with Crippen molar-refractivity contribution in [3.63, 3.8) is 0 Å². The van der Waals surface area contributed by atoms with Crippen LogP contribution in [0, 0.1) is 11.8 Å². The topological polar surface area (TPSA) is 75.4 Å². The third kappa shape index (κ3) is 5.94. The van der Waals surface area contributed by atoms with Gasteiger partial charge in [0.2, 0.25) is 0 Å². The lowest BCUT2D eigenvalue weighted by Gasteiger charge is -2.24. The van der Waals surface area contributed by atoms with Crippen molar-refractivity contribution in [3.05, 3.63) is 52.9 Å². The van der Waals surface area contributed by atoms with E-state index in [1.54, 1.807) is 11.0 Å². The van der Waals surface area contributed by atoms with Crippen molar-refractivity contribution in [1.82, 2.24) is 15.4 Å². The Kier molecular flexibility index (Phi) is 6.64. The SMILES string of the molecule is CC(C)CN(Cc1cc(C(=O)NCC2CC2)no1)C(=O)c1ccc(C(C)(C)C)cc1. The molecule has 1 aromatic heterocycles. The van der Waals surface area contributed by atoms with Crippen LogP contribution in [0.25, 0.3) is 0 Å². The summed E-state index contributed by atoms with van der Waals surface area (Å²) in [4.78, 5) is 27.1. The number of hydrogen-bond acceptors (Lipinski definition) is 4. The molecule has 0 aliphatic heterocycles. The van der Waals surface area contributed by atoms with Crippen molar-refractivity contribution in [2.45, 2.75) is 59.4 Å². The Morgan fingerprint density at radius 2 is 1.87 bits per heavy atom. The van der Waals surface area contributed by atoms with E-state index >= 15 is 0 Å². The molecule has 1 N–H and O–H groups in total. The Morgan fingerprint density at radius 1 is 1.20 bits per heavy atom. The van der Waals surface area contributed by atoms with Gasteiger partial charge in [0.15, 0.2) is 11.5 Å². The van der Waals surface area contributed by atoms with Gasteiger partial charge in [0.1, 0.15) is 0 Å². The zero-order chi connectivity index (χ0) is 21.9. The van der Waals surface area contributed by atoms with Crippen LogP contribution >= 0.6 is 0 Å². The number of nitrogens with zero attached hydrogens (tertiary/aromatic N) is 2. The van der Waals surface area contributed by atoms with Gasteiger partial charge in [-0.25, -0.2) is 0 Å². The van der Waals surface area contributed by atoms with Crippen LogP contribution in [0.15, 0.2) is 34.9 Å². The highest BCUT2D eigenvalue weighted by Gasteiger charge is 2.24. The molecule has 1 saturated carbocycles. The molecule has 0 atom stereocenters. The monoisotopic (exact) mass is 411 g/mol. The van der Waals surface area contributed by atoms with Gasteiger partial charge in [0.05, 0.1) is 6.54 Å². The molecule has 2 amide bonds. The fraction of sp³-hybridized carbons (Fsp3) is 0.542. The number of nitrogens with one attached hydrogen (secondary N) is 1. The van der Waals surface area contributed by atoms with Crippen LogP contribution in [0.3, 0.4) is 0 Å². The second-order valence-corrected chi connectivity index (χ2v) is 9.74. The first-order valence-corrected chi connectivity index (χ1v) is 10.8. The van der Waals surface area contributed by atoms with E-state index in [-0.39, 0.29) is 29.5 Å². The fourth-order valence-electron chi connectivity index (χ4n) is 3.29. The first-order chi connectivity index (χ1) is 14.1. The smallest absolute Gasteiger partial charge is 0.273 e. The van der Waals surface area contributed by atoms with Crippen molar-refractivity contribution in [2.24, 2.45) is 11.8 Å². The molecule has 0 spiro atoms. The van der Waals surface area contributed by atoms with Gasteiger partial charge < -0.3 is 14.7 Å². The standard InChI is InChI=1S/C24H33N3O3/c1-16(2)14-27(23(29)18-8-10-19(11-9-18)24(3,4)5)15-20-12-21(26-30-20)22(28)25-13-17-6-7-17/h8-12,16-17H,6-7,13-15H2,1-5H3,(H,25,28). The number of hydrogen-bond donors (Lipinski definition) is 1. The minimum absolute atomic E-state index is 0.0372. The van der Waals surface area contributed by atoms with Gasteiger partial charge in [-0.3, -0.25) is 9.59 Å². The number of aromatic nitrogens is 1. The molecule has 6 nitrogen and oxygen atoms in total. The van der Waals surface area contributed by atoms with E-state index < -0.39 is 0 Å². The van der Waals surface area contributed by atoms with Crippen LogP contribution in [-0.2, 0) is 12.0 Å². The third-order valence-electron chi connectivity index (χ3n) is 5.26. The van der Waals surface area contributed by atoms with Crippen LogP contribution in [0.5, 0.6) is 0 Å². The molecule has 1 aliphatic rings. The lowest BCUT2D eigenvalue weighted by atomic mass is 9.86. The third-order valence-corrected chi connectivity index (χ3v) is 5.26. The first kappa shape index (κ1) is 22.1. The van der Waals surface area contributed by atoms with Crippen LogP contribution < -0.4 is 5.32 Å². The highest BCUT2D eigenvalue weighted by molar-refractivity contribution is 5.94. The predicted molar refractivity (Wildman–Crippen MR) is 116 cm³/mol. The van der Waals surface area contributed by atoms with Gasteiger partial charge in [-0.05, 0) is 47.8 Å². The molecule has 30 heavy (non-hydrogen) atoms. The maximum atomic E-state index is 13.2. The second kappa shape index (κ2) is 9.02. The Labute approximate surface area is 179 Å². The van der Waals surface area contributed by atoms with Gasteiger partial charge in [0, 0.05) is 24.7 Å². The van der Waals surface area contributed by atoms with Gasteiger partial charge in [-0.2, -0.15) is 0 Å². The van der Waals surface area contributed by atoms with Crippen molar-refractivity contribution >= 4 is 11.8 Å². The van der Waals surface area contributed by atoms with Crippen molar-refractivity contribution in [2.75, 3.05) is 13.1 Å². The summed E-state index contributed by atoms with van der Waals surface area (Å²) in [6, 6.07) is 9.42. The van der Waals surface area contributed by atoms with Gasteiger partial charge in [-0.15, -0.1) is 0 Å². The fourth-order valence-corrected chi connectivity index (χ4v) is 3.29. The highest BCUT2D eigenvalue weighted by atomic mass is 16.5. The summed E-state index contributed by atoms with van der Waals surface area (Å²) in [6.07, 6.45) is 2.35. The van der Waals surface area contributed by atoms with Crippen LogP contribution in [0.4, 0.5) is 0 Å². The molecule has 2 aromatic rings. The quantitative estimate of drug-likeness (QED) is 0.698. The average molecular weight is 412 g/mol. The van der Waals surface area contributed by atoms with E-state index in [4.69, 9.17) is 4.52 Å². The number of carbonyl (C=O) groups excluding carboxylic acids is 2. The van der Waals surface area contributed by atoms with Gasteiger partial charge in [0.25, 0.3) is 11.8 Å². The van der Waals surface area contributed by atoms with E-state index in [9.17, 15) is 9.59 Å². The first-order valence-electron chi connectivity index (χ1n) is 10.8. The molecular formula is C24H33N3O3. The molecule has 6 heteroatoms. The summed E-state index contributed by atoms with van der Waals surface area (Å²) in [5.74, 6) is 1.12. The normalized spacial score (nSPS) is 14.1. The lowest BCUT2D eigenvalue weighted by molar-refractivity contribution is 0.0705. The zero-order valence-electron chi connectivity index (χ0n) is 18.7. The van der Waals surface area contributed by atoms with Crippen molar-refractivity contribution in [3.8, 4) is 0 Å². The van der Waals surface area contributed by atoms with Gasteiger partial charge >= 0.3 is 0 Å². The minimum atomic E-state index is -0.226.